The summed E-state index contributed by atoms with van der Waals surface area (Å²) in [6, 6.07) is 10.4. The van der Waals surface area contributed by atoms with E-state index >= 15 is 0 Å². The highest BCUT2D eigenvalue weighted by atomic mass is 16.1. The fourth-order valence-corrected chi connectivity index (χ4v) is 4.67. The summed E-state index contributed by atoms with van der Waals surface area (Å²) in [6.45, 7) is 8.36. The SMILES string of the molecule is Cc1cccc(-c2cnc3c(N4CCC(C)CC4)cc(C(=O)C[C@@H](C)c4ncn[nH]4)cn23)c1. The van der Waals surface area contributed by atoms with Crippen molar-refractivity contribution in [1.82, 2.24) is 24.6 Å². The van der Waals surface area contributed by atoms with Crippen molar-refractivity contribution >= 4 is 17.1 Å². The highest BCUT2D eigenvalue weighted by Gasteiger charge is 2.23. The number of imidazole rings is 1. The molecule has 5 rings (SSSR count). The third kappa shape index (κ3) is 4.27. The first-order valence-corrected chi connectivity index (χ1v) is 11.7. The van der Waals surface area contributed by atoms with Gasteiger partial charge >= 0.3 is 0 Å². The Kier molecular flexibility index (Phi) is 5.70. The topological polar surface area (TPSA) is 79.2 Å². The van der Waals surface area contributed by atoms with Crippen LogP contribution in [0.2, 0.25) is 0 Å². The van der Waals surface area contributed by atoms with Gasteiger partial charge in [-0.25, -0.2) is 9.97 Å². The molecule has 1 aromatic carbocycles. The summed E-state index contributed by atoms with van der Waals surface area (Å²) in [5.74, 6) is 1.52. The van der Waals surface area contributed by atoms with Crippen molar-refractivity contribution in [2.45, 2.75) is 46.0 Å². The molecular weight excluding hydrogens is 412 g/mol. The second kappa shape index (κ2) is 8.81. The van der Waals surface area contributed by atoms with Crippen molar-refractivity contribution in [3.05, 3.63) is 66.0 Å². The molecule has 0 saturated carbocycles. The molecule has 4 heterocycles. The monoisotopic (exact) mass is 442 g/mol. The van der Waals surface area contributed by atoms with Crippen molar-refractivity contribution in [2.75, 3.05) is 18.0 Å². The van der Waals surface area contributed by atoms with E-state index in [-0.39, 0.29) is 11.7 Å². The van der Waals surface area contributed by atoms with Crippen LogP contribution in [0.5, 0.6) is 0 Å². The fraction of sp³-hybridized carbons (Fsp3) is 0.385. The molecule has 7 nitrogen and oxygen atoms in total. The lowest BCUT2D eigenvalue weighted by molar-refractivity contribution is 0.0974. The van der Waals surface area contributed by atoms with Gasteiger partial charge < -0.3 is 4.90 Å². The first kappa shape index (κ1) is 21.4. The third-order valence-corrected chi connectivity index (χ3v) is 6.74. The molecular formula is C26H30N6O. The van der Waals surface area contributed by atoms with Gasteiger partial charge in [-0.05, 0) is 37.8 Å². The molecule has 1 fully saturated rings. The van der Waals surface area contributed by atoms with E-state index in [1.807, 2.05) is 25.4 Å². The zero-order valence-corrected chi connectivity index (χ0v) is 19.5. The maximum atomic E-state index is 13.4. The molecule has 1 N–H and O–H groups in total. The molecule has 0 amide bonds. The van der Waals surface area contributed by atoms with Crippen molar-refractivity contribution in [3.63, 3.8) is 0 Å². The van der Waals surface area contributed by atoms with E-state index in [4.69, 9.17) is 4.98 Å². The smallest absolute Gasteiger partial charge is 0.165 e. The summed E-state index contributed by atoms with van der Waals surface area (Å²) in [7, 11) is 0. The number of fused-ring (bicyclic) bond motifs is 1. The van der Waals surface area contributed by atoms with Crippen LogP contribution in [0, 0.1) is 12.8 Å². The molecule has 1 aliphatic rings. The van der Waals surface area contributed by atoms with E-state index in [1.54, 1.807) is 0 Å². The van der Waals surface area contributed by atoms with Gasteiger partial charge in [-0.2, -0.15) is 5.10 Å². The molecule has 0 aliphatic carbocycles. The van der Waals surface area contributed by atoms with Gasteiger partial charge in [-0.15, -0.1) is 0 Å². The predicted octanol–water partition coefficient (Wildman–Crippen LogP) is 5.04. The molecule has 1 saturated heterocycles. The highest BCUT2D eigenvalue weighted by Crippen LogP contribution is 2.32. The minimum atomic E-state index is -0.0333. The summed E-state index contributed by atoms with van der Waals surface area (Å²) in [5.41, 5.74) is 5.94. The number of Topliss-reactive ketones (excluding diaryl/α,β-unsaturated/α-hetero) is 1. The summed E-state index contributed by atoms with van der Waals surface area (Å²) in [6.07, 6.45) is 8.02. The number of carbonyl (C=O) groups excluding carboxylic acids is 1. The molecule has 170 valence electrons. The number of nitrogens with one attached hydrogen (secondary N) is 1. The number of ketones is 1. The average Bonchev–Trinajstić information content (AvgIpc) is 3.49. The lowest BCUT2D eigenvalue weighted by Gasteiger charge is -2.32. The van der Waals surface area contributed by atoms with Crippen molar-refractivity contribution in [3.8, 4) is 11.3 Å². The maximum Gasteiger partial charge on any atom is 0.165 e. The first-order valence-electron chi connectivity index (χ1n) is 11.7. The zero-order valence-electron chi connectivity index (χ0n) is 19.5. The molecule has 3 aromatic heterocycles. The van der Waals surface area contributed by atoms with Crippen LogP contribution in [-0.4, -0.2) is 43.4 Å². The Morgan fingerprint density at radius 3 is 2.76 bits per heavy atom. The van der Waals surface area contributed by atoms with Gasteiger partial charge in [0.25, 0.3) is 0 Å². The number of rotatable bonds is 6. The average molecular weight is 443 g/mol. The molecule has 0 radical (unpaired) electrons. The molecule has 1 aliphatic heterocycles. The van der Waals surface area contributed by atoms with Crippen LogP contribution in [-0.2, 0) is 0 Å². The molecule has 0 spiro atoms. The van der Waals surface area contributed by atoms with E-state index in [0.29, 0.717) is 12.0 Å². The Labute approximate surface area is 193 Å². The first-order chi connectivity index (χ1) is 16.0. The van der Waals surface area contributed by atoms with Crippen molar-refractivity contribution < 1.29 is 4.79 Å². The number of piperidine rings is 1. The standard InChI is InChI=1S/C26H30N6O/c1-17-7-9-31(10-8-17)22-13-21(24(33)12-19(3)25-28-16-29-30-25)15-32-23(14-27-26(22)32)20-6-4-5-18(2)11-20/h4-6,11,13-17,19H,7-10,12H2,1-3H3,(H,28,29,30)/t19-/m1/s1. The van der Waals surface area contributed by atoms with E-state index in [1.165, 1.54) is 11.9 Å². The summed E-state index contributed by atoms with van der Waals surface area (Å²) in [4.78, 5) is 24.8. The van der Waals surface area contributed by atoms with Crippen molar-refractivity contribution in [2.24, 2.45) is 5.92 Å². The number of aromatic nitrogens is 5. The maximum absolute atomic E-state index is 13.4. The molecule has 0 bridgehead atoms. The number of aryl methyl sites for hydroxylation is 1. The minimum absolute atomic E-state index is 0.0333. The van der Waals surface area contributed by atoms with Gasteiger partial charge in [-0.1, -0.05) is 37.6 Å². The Morgan fingerprint density at radius 1 is 1.21 bits per heavy atom. The van der Waals surface area contributed by atoms with Crippen LogP contribution in [0.25, 0.3) is 16.9 Å². The number of nitrogens with zero attached hydrogens (tertiary/aromatic N) is 5. The summed E-state index contributed by atoms with van der Waals surface area (Å²) < 4.78 is 2.09. The Morgan fingerprint density at radius 2 is 2.03 bits per heavy atom. The van der Waals surface area contributed by atoms with Crippen molar-refractivity contribution in [1.29, 1.82) is 0 Å². The third-order valence-electron chi connectivity index (χ3n) is 6.74. The van der Waals surface area contributed by atoms with Gasteiger partial charge in [0.1, 0.15) is 12.2 Å². The quantitative estimate of drug-likeness (QED) is 0.423. The fourth-order valence-electron chi connectivity index (χ4n) is 4.67. The van der Waals surface area contributed by atoms with Crippen LogP contribution in [0.4, 0.5) is 5.69 Å². The second-order valence-electron chi connectivity index (χ2n) is 9.39. The van der Waals surface area contributed by atoms with Gasteiger partial charge in [0.2, 0.25) is 0 Å². The number of hydrogen-bond donors (Lipinski definition) is 1. The van der Waals surface area contributed by atoms with E-state index in [0.717, 1.165) is 60.3 Å². The van der Waals surface area contributed by atoms with Crippen LogP contribution in [0.3, 0.4) is 0 Å². The minimum Gasteiger partial charge on any atom is -0.368 e. The number of H-pyrrole nitrogens is 1. The normalized spacial score (nSPS) is 15.8. The Bertz CT molecular complexity index is 1270. The zero-order chi connectivity index (χ0) is 22.9. The lowest BCUT2D eigenvalue weighted by atomic mass is 9.97. The van der Waals surface area contributed by atoms with Crippen LogP contribution < -0.4 is 4.90 Å². The second-order valence-corrected chi connectivity index (χ2v) is 9.39. The van der Waals surface area contributed by atoms with E-state index in [9.17, 15) is 4.79 Å². The van der Waals surface area contributed by atoms with Crippen LogP contribution >= 0.6 is 0 Å². The van der Waals surface area contributed by atoms with Gasteiger partial charge in [0, 0.05) is 42.8 Å². The van der Waals surface area contributed by atoms with Gasteiger partial charge in [-0.3, -0.25) is 14.3 Å². The van der Waals surface area contributed by atoms with E-state index in [2.05, 4.69) is 62.6 Å². The number of aromatic amines is 1. The number of pyridine rings is 1. The molecule has 33 heavy (non-hydrogen) atoms. The van der Waals surface area contributed by atoms with Crippen LogP contribution in [0.15, 0.2) is 49.1 Å². The molecule has 0 unspecified atom stereocenters. The number of benzene rings is 1. The number of carbonyl (C=O) groups is 1. The van der Waals surface area contributed by atoms with Crippen LogP contribution in [0.1, 0.15) is 60.8 Å². The molecule has 1 atom stereocenters. The number of hydrogen-bond acceptors (Lipinski definition) is 5. The molecule has 4 aromatic rings. The Balaban J connectivity index is 1.58. The highest BCUT2D eigenvalue weighted by molar-refractivity contribution is 5.98. The largest absolute Gasteiger partial charge is 0.368 e. The Hall–Kier alpha value is -3.48. The summed E-state index contributed by atoms with van der Waals surface area (Å²) >= 11 is 0. The molecule has 7 heteroatoms. The predicted molar refractivity (Wildman–Crippen MR) is 130 cm³/mol. The summed E-state index contributed by atoms with van der Waals surface area (Å²) in [5, 5.41) is 6.81. The van der Waals surface area contributed by atoms with Gasteiger partial charge in [0.15, 0.2) is 11.4 Å². The van der Waals surface area contributed by atoms with Gasteiger partial charge in [0.05, 0.1) is 17.6 Å². The number of anilines is 1. The lowest BCUT2D eigenvalue weighted by Crippen LogP contribution is -2.33. The van der Waals surface area contributed by atoms with E-state index < -0.39 is 0 Å².